The van der Waals surface area contributed by atoms with E-state index in [-0.39, 0.29) is 5.92 Å². The second-order valence-electron chi connectivity index (χ2n) is 4.25. The smallest absolute Gasteiger partial charge is 0.332 e. The molecule has 7 heteroatoms. The van der Waals surface area contributed by atoms with Crippen LogP contribution in [0.2, 0.25) is 0 Å². The zero-order valence-corrected chi connectivity index (χ0v) is 9.94. The van der Waals surface area contributed by atoms with Crippen molar-refractivity contribution in [3.63, 3.8) is 0 Å². The van der Waals surface area contributed by atoms with Gasteiger partial charge < -0.3 is 5.32 Å². The number of carbonyl (C=O) groups excluding carboxylic acids is 4. The van der Waals surface area contributed by atoms with Crippen LogP contribution in [-0.4, -0.2) is 41.2 Å². The molecule has 0 aromatic heterocycles. The van der Waals surface area contributed by atoms with Crippen molar-refractivity contribution in [2.45, 2.75) is 26.8 Å². The lowest BCUT2D eigenvalue weighted by Crippen LogP contribution is -2.48. The van der Waals surface area contributed by atoms with Gasteiger partial charge in [0.2, 0.25) is 5.91 Å². The molecule has 0 aliphatic carbocycles. The van der Waals surface area contributed by atoms with Crippen LogP contribution >= 0.6 is 0 Å². The predicted molar refractivity (Wildman–Crippen MR) is 57.7 cm³/mol. The Hall–Kier alpha value is -1.92. The Labute approximate surface area is 98.5 Å². The van der Waals surface area contributed by atoms with Gasteiger partial charge in [0, 0.05) is 6.54 Å². The average molecular weight is 241 g/mol. The highest BCUT2D eigenvalue weighted by Crippen LogP contribution is 2.07. The second-order valence-corrected chi connectivity index (χ2v) is 4.25. The van der Waals surface area contributed by atoms with Crippen molar-refractivity contribution in [1.82, 2.24) is 15.5 Å². The van der Waals surface area contributed by atoms with Gasteiger partial charge in [0.15, 0.2) is 0 Å². The van der Waals surface area contributed by atoms with E-state index in [2.05, 4.69) is 5.32 Å². The van der Waals surface area contributed by atoms with Gasteiger partial charge in [0.1, 0.15) is 6.04 Å². The van der Waals surface area contributed by atoms with Crippen molar-refractivity contribution >= 4 is 23.8 Å². The van der Waals surface area contributed by atoms with Gasteiger partial charge in [-0.25, -0.2) is 9.69 Å². The molecule has 0 bridgehead atoms. The maximum Gasteiger partial charge on any atom is 0.332 e. The minimum Gasteiger partial charge on any atom is -0.354 e. The van der Waals surface area contributed by atoms with Crippen LogP contribution in [0, 0.1) is 5.92 Å². The second kappa shape index (κ2) is 4.94. The van der Waals surface area contributed by atoms with Crippen LogP contribution in [0.1, 0.15) is 20.8 Å². The summed E-state index contributed by atoms with van der Waals surface area (Å²) in [6.45, 7) is 5.68. The number of nitrogens with one attached hydrogen (secondary N) is 2. The predicted octanol–water partition coefficient (Wildman–Crippen LogP) is -0.774. The first kappa shape index (κ1) is 13.1. The molecule has 1 heterocycles. The lowest BCUT2D eigenvalue weighted by Gasteiger charge is -2.20. The van der Waals surface area contributed by atoms with E-state index in [4.69, 9.17) is 0 Å². The molecule has 2 N–H and O–H groups in total. The average Bonchev–Trinajstić information content (AvgIpc) is 2.49. The van der Waals surface area contributed by atoms with Gasteiger partial charge in [-0.3, -0.25) is 19.7 Å². The van der Waals surface area contributed by atoms with Crippen molar-refractivity contribution in [3.05, 3.63) is 0 Å². The van der Waals surface area contributed by atoms with E-state index in [1.807, 2.05) is 19.2 Å². The van der Waals surface area contributed by atoms with Crippen molar-refractivity contribution < 1.29 is 19.2 Å². The van der Waals surface area contributed by atoms with Gasteiger partial charge in [-0.05, 0) is 12.8 Å². The lowest BCUT2D eigenvalue weighted by atomic mass is 10.2. The van der Waals surface area contributed by atoms with Crippen LogP contribution in [-0.2, 0) is 14.4 Å². The molecule has 1 aliphatic heterocycles. The molecule has 1 saturated heterocycles. The summed E-state index contributed by atoms with van der Waals surface area (Å²) < 4.78 is 0. The van der Waals surface area contributed by atoms with Crippen molar-refractivity contribution in [3.8, 4) is 0 Å². The molecule has 7 nitrogen and oxygen atoms in total. The van der Waals surface area contributed by atoms with Crippen molar-refractivity contribution in [2.24, 2.45) is 5.92 Å². The van der Waals surface area contributed by atoms with Gasteiger partial charge in [-0.2, -0.15) is 0 Å². The first-order valence-corrected chi connectivity index (χ1v) is 5.30. The number of nitrogens with zero attached hydrogens (tertiary/aromatic N) is 1. The first-order chi connectivity index (χ1) is 7.84. The number of hydrogen-bond acceptors (Lipinski definition) is 4. The number of carbonyl (C=O) groups is 4. The first-order valence-electron chi connectivity index (χ1n) is 5.30. The molecule has 94 valence electrons. The number of amides is 5. The molecule has 0 aromatic rings. The van der Waals surface area contributed by atoms with Crippen LogP contribution in [0.4, 0.5) is 4.79 Å². The molecular weight excluding hydrogens is 226 g/mol. The van der Waals surface area contributed by atoms with Gasteiger partial charge in [-0.1, -0.05) is 13.8 Å². The van der Waals surface area contributed by atoms with E-state index in [0.29, 0.717) is 11.4 Å². The zero-order chi connectivity index (χ0) is 13.2. The van der Waals surface area contributed by atoms with E-state index < -0.39 is 29.8 Å². The van der Waals surface area contributed by atoms with E-state index >= 15 is 0 Å². The summed E-state index contributed by atoms with van der Waals surface area (Å²) >= 11 is 0. The standard InChI is InChI=1S/C10H15N3O4/c1-5(2)4-11-7(14)6(3)13-9(16)8(15)12-10(13)17/h5-6H,4H2,1-3H3,(H,11,14)(H,12,15,17). The quantitative estimate of drug-likeness (QED) is 0.499. The van der Waals surface area contributed by atoms with Gasteiger partial charge in [0.25, 0.3) is 0 Å². The number of hydrogen-bond donors (Lipinski definition) is 2. The highest BCUT2D eigenvalue weighted by Gasteiger charge is 2.42. The summed E-state index contributed by atoms with van der Waals surface area (Å²) in [5.41, 5.74) is 0. The summed E-state index contributed by atoms with van der Waals surface area (Å²) in [6, 6.07) is -1.85. The van der Waals surface area contributed by atoms with Crippen LogP contribution in [0.3, 0.4) is 0 Å². The molecular formula is C10H15N3O4. The third kappa shape index (κ3) is 2.80. The van der Waals surface area contributed by atoms with Crippen LogP contribution < -0.4 is 10.6 Å². The summed E-state index contributed by atoms with van der Waals surface area (Å²) in [5.74, 6) is -2.20. The maximum absolute atomic E-state index is 11.6. The Balaban J connectivity index is 2.66. The molecule has 1 atom stereocenters. The Morgan fingerprint density at radius 2 is 1.88 bits per heavy atom. The fourth-order valence-electron chi connectivity index (χ4n) is 1.33. The topological polar surface area (TPSA) is 95.6 Å². The summed E-state index contributed by atoms with van der Waals surface area (Å²) in [7, 11) is 0. The minimum absolute atomic E-state index is 0.260. The Bertz CT molecular complexity index is 378. The Kier molecular flexibility index (Phi) is 3.82. The molecule has 1 aliphatic rings. The molecule has 0 aromatic carbocycles. The zero-order valence-electron chi connectivity index (χ0n) is 9.94. The van der Waals surface area contributed by atoms with E-state index in [1.54, 1.807) is 0 Å². The third-order valence-electron chi connectivity index (χ3n) is 2.30. The highest BCUT2D eigenvalue weighted by molar-refractivity contribution is 6.45. The van der Waals surface area contributed by atoms with Crippen LogP contribution in [0.25, 0.3) is 0 Å². The van der Waals surface area contributed by atoms with Crippen molar-refractivity contribution in [2.75, 3.05) is 6.54 Å². The summed E-state index contributed by atoms with van der Waals surface area (Å²) in [5, 5.41) is 4.43. The van der Waals surface area contributed by atoms with Crippen LogP contribution in [0.15, 0.2) is 0 Å². The van der Waals surface area contributed by atoms with Gasteiger partial charge >= 0.3 is 17.8 Å². The van der Waals surface area contributed by atoms with Gasteiger partial charge in [-0.15, -0.1) is 0 Å². The largest absolute Gasteiger partial charge is 0.354 e. The van der Waals surface area contributed by atoms with Crippen LogP contribution in [0.5, 0.6) is 0 Å². The Morgan fingerprint density at radius 1 is 1.29 bits per heavy atom. The molecule has 0 spiro atoms. The molecule has 0 radical (unpaired) electrons. The highest BCUT2D eigenvalue weighted by atomic mass is 16.2. The molecule has 5 amide bonds. The summed E-state index contributed by atoms with van der Waals surface area (Å²) in [4.78, 5) is 45.8. The molecule has 1 unspecified atom stereocenters. The summed E-state index contributed by atoms with van der Waals surface area (Å²) in [6.07, 6.45) is 0. The van der Waals surface area contributed by atoms with Crippen molar-refractivity contribution in [1.29, 1.82) is 0 Å². The fourth-order valence-corrected chi connectivity index (χ4v) is 1.33. The Morgan fingerprint density at radius 3 is 2.29 bits per heavy atom. The SMILES string of the molecule is CC(C)CNC(=O)C(C)N1C(=O)NC(=O)C1=O. The minimum atomic E-state index is -1.00. The number of rotatable bonds is 4. The molecule has 17 heavy (non-hydrogen) atoms. The lowest BCUT2D eigenvalue weighted by molar-refractivity contribution is -0.142. The number of imide groups is 2. The monoisotopic (exact) mass is 241 g/mol. The van der Waals surface area contributed by atoms with E-state index in [9.17, 15) is 19.2 Å². The molecule has 0 saturated carbocycles. The molecule has 1 fully saturated rings. The van der Waals surface area contributed by atoms with Gasteiger partial charge in [0.05, 0.1) is 0 Å². The third-order valence-corrected chi connectivity index (χ3v) is 2.30. The molecule has 1 rings (SSSR count). The van der Waals surface area contributed by atoms with E-state index in [0.717, 1.165) is 0 Å². The van der Waals surface area contributed by atoms with E-state index in [1.165, 1.54) is 6.92 Å². The number of urea groups is 1. The maximum atomic E-state index is 11.6. The normalized spacial score (nSPS) is 17.4. The fraction of sp³-hybridized carbons (Fsp3) is 0.600.